The van der Waals surface area contributed by atoms with Crippen molar-refractivity contribution in [3.8, 4) is 0 Å². The van der Waals surface area contributed by atoms with Crippen LogP contribution in [0, 0.1) is 0 Å². The summed E-state index contributed by atoms with van der Waals surface area (Å²) in [6, 6.07) is 0. The molecular weight excluding hydrogens is 163 g/mol. The number of aliphatic hydroxyl groups is 1. The van der Waals surface area contributed by atoms with Crippen LogP contribution in [0.25, 0.3) is 0 Å². The van der Waals surface area contributed by atoms with Crippen LogP contribution in [0.4, 0.5) is 0 Å². The predicted molar refractivity (Wildman–Crippen MR) is 27.7 cm³/mol. The van der Waals surface area contributed by atoms with Gasteiger partial charge in [-0.05, 0) is 0 Å². The second kappa shape index (κ2) is 6.21. The Hall–Kier alpha value is -0.520. The zero-order valence-corrected chi connectivity index (χ0v) is 8.16. The largest absolute Gasteiger partial charge is 1.00 e. The molecule has 0 aliphatic heterocycles. The molecule has 56 valence electrons. The Morgan fingerprint density at radius 2 is 2.00 bits per heavy atom. The fourth-order valence-corrected chi connectivity index (χ4v) is 0.229. The maximum Gasteiger partial charge on any atom is 1.00 e. The molecule has 6 heteroatoms. The van der Waals surface area contributed by atoms with Gasteiger partial charge < -0.3 is 19.7 Å². The number of carboxylic acids is 1. The number of ether oxygens (including phenoxy) is 1. The van der Waals surface area contributed by atoms with Gasteiger partial charge in [-0.3, -0.25) is 0 Å². The zero-order valence-electron chi connectivity index (χ0n) is 6.16. The molecule has 0 atom stereocenters. The van der Waals surface area contributed by atoms with Gasteiger partial charge in [-0.15, -0.1) is 0 Å². The number of carboxylic acid groups (broad SMARTS) is 1. The monoisotopic (exact) mass is 168 g/mol. The molecule has 0 aliphatic rings. The Kier molecular flexibility index (Phi) is 7.39. The third-order valence-corrected chi connectivity index (χ3v) is 0.665. The van der Waals surface area contributed by atoms with Crippen LogP contribution in [0.2, 0.25) is 0 Å². The van der Waals surface area contributed by atoms with Crippen LogP contribution < -0.4 is 34.7 Å². The van der Waals surface area contributed by atoms with Crippen molar-refractivity contribution in [3.05, 3.63) is 11.8 Å². The summed E-state index contributed by atoms with van der Waals surface area (Å²) < 4.78 is 4.00. The van der Waals surface area contributed by atoms with Crippen LogP contribution in [-0.2, 0) is 14.3 Å². The topological polar surface area (TPSA) is 86.7 Å². The van der Waals surface area contributed by atoms with E-state index in [4.69, 9.17) is 5.11 Å². The standard InChI is InChI=1S/C5H6O5.Na/c1-10-4(7)2-3(6)5(8)9;/h2,6H,1H3,(H,8,9);/q;+1/p-1/b3-2+;. The number of hydrogen-bond donors (Lipinski definition) is 1. The summed E-state index contributed by atoms with van der Waals surface area (Å²) in [4.78, 5) is 19.9. The van der Waals surface area contributed by atoms with E-state index < -0.39 is 17.7 Å². The number of carbonyl (C=O) groups excluding carboxylic acids is 2. The Balaban J connectivity index is 0. The quantitative estimate of drug-likeness (QED) is 0.194. The minimum Gasteiger partial charge on any atom is -0.542 e. The molecule has 0 aromatic carbocycles. The Labute approximate surface area is 84.9 Å². The maximum atomic E-state index is 10.2. The molecule has 0 rings (SSSR count). The van der Waals surface area contributed by atoms with Crippen LogP contribution in [0.1, 0.15) is 0 Å². The van der Waals surface area contributed by atoms with Crippen LogP contribution in [0.3, 0.4) is 0 Å². The van der Waals surface area contributed by atoms with Gasteiger partial charge in [-0.2, -0.15) is 0 Å². The third kappa shape index (κ3) is 5.90. The molecule has 0 fully saturated rings. The summed E-state index contributed by atoms with van der Waals surface area (Å²) in [5.74, 6) is -3.90. The summed E-state index contributed by atoms with van der Waals surface area (Å²) in [6.45, 7) is 0. The number of aliphatic carboxylic acids is 1. The summed E-state index contributed by atoms with van der Waals surface area (Å²) >= 11 is 0. The van der Waals surface area contributed by atoms with Gasteiger partial charge in [0, 0.05) is 0 Å². The summed E-state index contributed by atoms with van der Waals surface area (Å²) in [5.41, 5.74) is 0. The minimum absolute atomic E-state index is 0. The van der Waals surface area contributed by atoms with Gasteiger partial charge in [0.2, 0.25) is 0 Å². The fraction of sp³-hybridized carbons (Fsp3) is 0.200. The Morgan fingerprint density at radius 1 is 1.55 bits per heavy atom. The molecule has 5 nitrogen and oxygen atoms in total. The van der Waals surface area contributed by atoms with Crippen molar-refractivity contribution in [2.75, 3.05) is 7.11 Å². The normalized spacial score (nSPS) is 9.73. The smallest absolute Gasteiger partial charge is 0.542 e. The number of hydrogen-bond acceptors (Lipinski definition) is 5. The number of aliphatic hydroxyl groups excluding tert-OH is 1. The molecule has 1 N–H and O–H groups in total. The minimum atomic E-state index is -1.81. The molecule has 11 heavy (non-hydrogen) atoms. The molecule has 0 aliphatic carbocycles. The molecule has 0 amide bonds. The van der Waals surface area contributed by atoms with Crippen molar-refractivity contribution < 1.29 is 54.1 Å². The van der Waals surface area contributed by atoms with E-state index in [0.29, 0.717) is 6.08 Å². The van der Waals surface area contributed by atoms with Gasteiger partial charge in [0.15, 0.2) is 0 Å². The number of esters is 1. The summed E-state index contributed by atoms with van der Waals surface area (Å²) in [6.07, 6.45) is 0.412. The van der Waals surface area contributed by atoms with Crippen molar-refractivity contribution in [2.45, 2.75) is 0 Å². The SMILES string of the molecule is COC(=O)/C=C(/O)C(=O)[O-].[Na+]. The van der Waals surface area contributed by atoms with Gasteiger partial charge >= 0.3 is 35.5 Å². The van der Waals surface area contributed by atoms with Crippen molar-refractivity contribution >= 4 is 11.9 Å². The van der Waals surface area contributed by atoms with Gasteiger partial charge in [-0.1, -0.05) is 0 Å². The molecule has 0 bridgehead atoms. The molecule has 0 aromatic rings. The van der Waals surface area contributed by atoms with Crippen molar-refractivity contribution in [1.82, 2.24) is 0 Å². The van der Waals surface area contributed by atoms with E-state index >= 15 is 0 Å². The molecule has 0 spiro atoms. The van der Waals surface area contributed by atoms with Gasteiger partial charge in [-0.25, -0.2) is 4.79 Å². The molecule has 0 saturated carbocycles. The molecule has 0 radical (unpaired) electrons. The maximum absolute atomic E-state index is 10.2. The predicted octanol–water partition coefficient (Wildman–Crippen LogP) is -4.64. The Morgan fingerprint density at radius 3 is 2.27 bits per heavy atom. The van der Waals surface area contributed by atoms with Crippen molar-refractivity contribution in [1.29, 1.82) is 0 Å². The van der Waals surface area contributed by atoms with E-state index in [1.54, 1.807) is 0 Å². The van der Waals surface area contributed by atoms with E-state index in [1.807, 2.05) is 0 Å². The van der Waals surface area contributed by atoms with Crippen LogP contribution in [0.15, 0.2) is 11.8 Å². The van der Waals surface area contributed by atoms with E-state index in [-0.39, 0.29) is 29.6 Å². The number of methoxy groups -OCH3 is 1. The first-order valence-electron chi connectivity index (χ1n) is 2.28. The average molecular weight is 168 g/mol. The summed E-state index contributed by atoms with van der Waals surface area (Å²) in [5, 5.41) is 18.0. The second-order valence-electron chi connectivity index (χ2n) is 1.34. The molecule has 0 aromatic heterocycles. The molecular formula is C5H5NaO5. The van der Waals surface area contributed by atoms with E-state index in [2.05, 4.69) is 4.74 Å². The van der Waals surface area contributed by atoms with Crippen molar-refractivity contribution in [2.24, 2.45) is 0 Å². The third-order valence-electron chi connectivity index (χ3n) is 0.665. The van der Waals surface area contributed by atoms with Gasteiger partial charge in [0.1, 0.15) is 11.7 Å². The van der Waals surface area contributed by atoms with Gasteiger partial charge in [0.05, 0.1) is 13.2 Å². The first-order chi connectivity index (χ1) is 4.57. The Bertz CT molecular complexity index is 185. The molecule has 0 heterocycles. The molecule has 0 saturated heterocycles. The second-order valence-corrected chi connectivity index (χ2v) is 1.34. The van der Waals surface area contributed by atoms with Gasteiger partial charge in [0.25, 0.3) is 0 Å². The fourth-order valence-electron chi connectivity index (χ4n) is 0.229. The molecule has 0 unspecified atom stereocenters. The summed E-state index contributed by atoms with van der Waals surface area (Å²) in [7, 11) is 1.06. The first kappa shape index (κ1) is 13.1. The van der Waals surface area contributed by atoms with Crippen LogP contribution >= 0.6 is 0 Å². The van der Waals surface area contributed by atoms with E-state index in [1.165, 1.54) is 0 Å². The first-order valence-corrected chi connectivity index (χ1v) is 2.28. The zero-order chi connectivity index (χ0) is 8.15. The van der Waals surface area contributed by atoms with Crippen LogP contribution in [-0.4, -0.2) is 24.2 Å². The van der Waals surface area contributed by atoms with Crippen LogP contribution in [0.5, 0.6) is 0 Å². The number of carbonyl (C=O) groups is 2. The van der Waals surface area contributed by atoms with E-state index in [9.17, 15) is 14.7 Å². The number of rotatable bonds is 2. The van der Waals surface area contributed by atoms with Crippen molar-refractivity contribution in [3.63, 3.8) is 0 Å². The average Bonchev–Trinajstić information content (AvgIpc) is 1.87. The van der Waals surface area contributed by atoms with E-state index in [0.717, 1.165) is 7.11 Å².